The van der Waals surface area contributed by atoms with Crippen LogP contribution in [0.2, 0.25) is 0 Å². The minimum atomic E-state index is -0.989. The summed E-state index contributed by atoms with van der Waals surface area (Å²) in [6, 6.07) is 0. The van der Waals surface area contributed by atoms with Gasteiger partial charge >= 0.3 is 5.97 Å². The molecule has 0 bridgehead atoms. The maximum atomic E-state index is 10.5. The Balaban J connectivity index is 3.94. The molecule has 0 heterocycles. The number of carbonyl (C=O) groups is 1. The predicted molar refractivity (Wildman–Crippen MR) is 46.2 cm³/mol. The zero-order chi connectivity index (χ0) is 9.40. The van der Waals surface area contributed by atoms with Crippen LogP contribution in [-0.4, -0.2) is 23.4 Å². The van der Waals surface area contributed by atoms with E-state index in [1.807, 2.05) is 6.92 Å². The highest BCUT2D eigenvalue weighted by atomic mass is 16.6. The summed E-state index contributed by atoms with van der Waals surface area (Å²) in [5, 5.41) is 12.1. The van der Waals surface area contributed by atoms with Crippen molar-refractivity contribution < 1.29 is 14.7 Å². The van der Waals surface area contributed by atoms with Crippen molar-refractivity contribution in [3.05, 3.63) is 0 Å². The van der Waals surface area contributed by atoms with Gasteiger partial charge in [0, 0.05) is 6.42 Å². The van der Waals surface area contributed by atoms with Crippen molar-refractivity contribution in [1.82, 2.24) is 0 Å². The van der Waals surface area contributed by atoms with Crippen LogP contribution in [0.5, 0.6) is 0 Å². The van der Waals surface area contributed by atoms with E-state index in [-0.39, 0.29) is 5.71 Å². The summed E-state index contributed by atoms with van der Waals surface area (Å²) in [4.78, 5) is 15.2. The number of unbranched alkanes of at least 4 members (excludes halogenated alkanes) is 1. The second-order valence-corrected chi connectivity index (χ2v) is 2.36. The average molecular weight is 173 g/mol. The Kier molecular flexibility index (Phi) is 6.05. The van der Waals surface area contributed by atoms with E-state index in [2.05, 4.69) is 9.99 Å². The van der Waals surface area contributed by atoms with Gasteiger partial charge in [0.25, 0.3) is 0 Å². The molecule has 0 aliphatic rings. The lowest BCUT2D eigenvalue weighted by Gasteiger charge is -1.99. The van der Waals surface area contributed by atoms with Crippen molar-refractivity contribution >= 4 is 11.7 Å². The van der Waals surface area contributed by atoms with Crippen LogP contribution < -0.4 is 0 Å². The molecule has 12 heavy (non-hydrogen) atoms. The summed E-state index contributed by atoms with van der Waals surface area (Å²) >= 11 is 0. The average Bonchev–Trinajstić information content (AvgIpc) is 2.04. The van der Waals surface area contributed by atoms with E-state index in [4.69, 9.17) is 5.11 Å². The third-order valence-corrected chi connectivity index (χ3v) is 1.32. The van der Waals surface area contributed by atoms with E-state index in [1.165, 1.54) is 0 Å². The van der Waals surface area contributed by atoms with Crippen LogP contribution in [0.15, 0.2) is 5.16 Å². The van der Waals surface area contributed by atoms with Crippen LogP contribution in [0.4, 0.5) is 0 Å². The van der Waals surface area contributed by atoms with E-state index in [0.717, 1.165) is 12.8 Å². The maximum absolute atomic E-state index is 10.5. The Morgan fingerprint density at radius 3 is 2.58 bits per heavy atom. The molecule has 70 valence electrons. The number of oxime groups is 1. The van der Waals surface area contributed by atoms with E-state index < -0.39 is 5.97 Å². The maximum Gasteiger partial charge on any atom is 0.353 e. The fourth-order valence-corrected chi connectivity index (χ4v) is 0.678. The first-order valence-electron chi connectivity index (χ1n) is 4.14. The monoisotopic (exact) mass is 173 g/mol. The molecule has 4 nitrogen and oxygen atoms in total. The smallest absolute Gasteiger partial charge is 0.353 e. The molecule has 0 rings (SSSR count). The van der Waals surface area contributed by atoms with Crippen molar-refractivity contribution in [3.8, 4) is 0 Å². The Hall–Kier alpha value is -1.06. The summed E-state index contributed by atoms with van der Waals surface area (Å²) in [6.07, 6.45) is 2.27. The molecule has 0 unspecified atom stereocenters. The standard InChI is InChI=1S/C8H15NO3/c1-3-5-6-7(8(10)11)9-12-4-2/h3-6H2,1-2H3,(H,10,11)/b9-7+. The molecule has 4 heteroatoms. The minimum absolute atomic E-state index is 0.110. The van der Waals surface area contributed by atoms with E-state index in [9.17, 15) is 4.79 Å². The zero-order valence-electron chi connectivity index (χ0n) is 7.54. The van der Waals surface area contributed by atoms with Gasteiger partial charge in [0.15, 0.2) is 5.71 Å². The molecule has 0 aliphatic carbocycles. The Bertz CT molecular complexity index is 166. The van der Waals surface area contributed by atoms with Gasteiger partial charge in [0.2, 0.25) is 0 Å². The molecule has 0 radical (unpaired) electrons. The highest BCUT2D eigenvalue weighted by Crippen LogP contribution is 1.98. The highest BCUT2D eigenvalue weighted by molar-refractivity contribution is 6.35. The third kappa shape index (κ3) is 4.71. The van der Waals surface area contributed by atoms with Crippen molar-refractivity contribution in [2.45, 2.75) is 33.1 Å². The van der Waals surface area contributed by atoms with Gasteiger partial charge in [-0.3, -0.25) is 0 Å². The second kappa shape index (κ2) is 6.64. The first-order chi connectivity index (χ1) is 5.72. The Labute approximate surface area is 72.2 Å². The predicted octanol–water partition coefficient (Wildman–Crippen LogP) is 1.65. The first kappa shape index (κ1) is 10.9. The molecule has 0 atom stereocenters. The van der Waals surface area contributed by atoms with E-state index in [0.29, 0.717) is 13.0 Å². The normalized spacial score (nSPS) is 11.3. The number of rotatable bonds is 6. The molecule has 0 saturated heterocycles. The number of hydrogen-bond acceptors (Lipinski definition) is 3. The first-order valence-corrected chi connectivity index (χ1v) is 4.14. The topological polar surface area (TPSA) is 58.9 Å². The number of aliphatic carboxylic acids is 1. The van der Waals surface area contributed by atoms with Crippen LogP contribution >= 0.6 is 0 Å². The zero-order valence-corrected chi connectivity index (χ0v) is 7.54. The van der Waals surface area contributed by atoms with Crippen molar-refractivity contribution in [2.75, 3.05) is 6.61 Å². The largest absolute Gasteiger partial charge is 0.477 e. The van der Waals surface area contributed by atoms with E-state index >= 15 is 0 Å². The summed E-state index contributed by atoms with van der Waals surface area (Å²) in [5.41, 5.74) is 0.110. The van der Waals surface area contributed by atoms with Crippen LogP contribution in [0.1, 0.15) is 33.1 Å². The van der Waals surface area contributed by atoms with Gasteiger partial charge < -0.3 is 9.94 Å². The Morgan fingerprint density at radius 1 is 1.50 bits per heavy atom. The molecule has 0 aromatic rings. The van der Waals surface area contributed by atoms with Crippen molar-refractivity contribution in [3.63, 3.8) is 0 Å². The summed E-state index contributed by atoms with van der Waals surface area (Å²) < 4.78 is 0. The van der Waals surface area contributed by atoms with Gasteiger partial charge in [-0.05, 0) is 13.3 Å². The van der Waals surface area contributed by atoms with Crippen LogP contribution in [-0.2, 0) is 9.63 Å². The van der Waals surface area contributed by atoms with E-state index in [1.54, 1.807) is 6.92 Å². The fourth-order valence-electron chi connectivity index (χ4n) is 0.678. The summed E-state index contributed by atoms with van der Waals surface area (Å²) in [7, 11) is 0. The minimum Gasteiger partial charge on any atom is -0.477 e. The molecule has 0 saturated carbocycles. The molecule has 0 aliphatic heterocycles. The molecule has 0 spiro atoms. The van der Waals surface area contributed by atoms with Gasteiger partial charge in [-0.1, -0.05) is 18.5 Å². The second-order valence-electron chi connectivity index (χ2n) is 2.36. The Morgan fingerprint density at radius 2 is 2.17 bits per heavy atom. The van der Waals surface area contributed by atoms with Crippen molar-refractivity contribution in [1.29, 1.82) is 0 Å². The van der Waals surface area contributed by atoms with Gasteiger partial charge in [-0.2, -0.15) is 0 Å². The van der Waals surface area contributed by atoms with Crippen molar-refractivity contribution in [2.24, 2.45) is 5.16 Å². The van der Waals surface area contributed by atoms with Gasteiger partial charge in [0.05, 0.1) is 0 Å². The molecule has 1 N–H and O–H groups in total. The fraction of sp³-hybridized carbons (Fsp3) is 0.750. The lowest BCUT2D eigenvalue weighted by Crippen LogP contribution is -2.13. The number of hydrogen-bond donors (Lipinski definition) is 1. The number of carboxylic acids is 1. The lowest BCUT2D eigenvalue weighted by atomic mass is 10.2. The molecule has 0 aromatic carbocycles. The molecule has 0 aromatic heterocycles. The summed E-state index contributed by atoms with van der Waals surface area (Å²) in [5.74, 6) is -0.989. The summed E-state index contributed by atoms with van der Waals surface area (Å²) in [6.45, 7) is 4.17. The SMILES string of the molecule is CCCC/C(=N\OCC)C(=O)O. The third-order valence-electron chi connectivity index (χ3n) is 1.32. The quantitative estimate of drug-likeness (QED) is 0.490. The molecule has 0 amide bonds. The van der Waals surface area contributed by atoms with Gasteiger partial charge in [-0.25, -0.2) is 4.79 Å². The highest BCUT2D eigenvalue weighted by Gasteiger charge is 2.08. The molecule has 0 fully saturated rings. The lowest BCUT2D eigenvalue weighted by molar-refractivity contribution is -0.129. The van der Waals surface area contributed by atoms with Crippen LogP contribution in [0.3, 0.4) is 0 Å². The van der Waals surface area contributed by atoms with Gasteiger partial charge in [0.1, 0.15) is 6.61 Å². The molecular weight excluding hydrogens is 158 g/mol. The number of carboxylic acid groups (broad SMARTS) is 1. The van der Waals surface area contributed by atoms with Gasteiger partial charge in [-0.15, -0.1) is 0 Å². The van der Waals surface area contributed by atoms with Crippen LogP contribution in [0, 0.1) is 0 Å². The molecular formula is C8H15NO3. The number of nitrogens with zero attached hydrogens (tertiary/aromatic N) is 1. The van der Waals surface area contributed by atoms with Crippen LogP contribution in [0.25, 0.3) is 0 Å².